The van der Waals surface area contributed by atoms with E-state index < -0.39 is 0 Å². The first-order valence-electron chi connectivity index (χ1n) is 11.5. The molecule has 2 atom stereocenters. The lowest BCUT2D eigenvalue weighted by atomic mass is 9.82. The number of methoxy groups -OCH3 is 1. The van der Waals surface area contributed by atoms with Crippen molar-refractivity contribution in [3.05, 3.63) is 89.5 Å². The quantitative estimate of drug-likeness (QED) is 0.353. The second-order valence-electron chi connectivity index (χ2n) is 9.42. The van der Waals surface area contributed by atoms with Crippen molar-refractivity contribution in [2.45, 2.75) is 52.2 Å². The molecule has 1 aliphatic rings. The summed E-state index contributed by atoms with van der Waals surface area (Å²) in [5.74, 6) is 2.78. The van der Waals surface area contributed by atoms with E-state index in [2.05, 4.69) is 100 Å². The van der Waals surface area contributed by atoms with Crippen LogP contribution in [-0.4, -0.2) is 13.4 Å². The van der Waals surface area contributed by atoms with Crippen LogP contribution in [0.2, 0.25) is 0 Å². The molecule has 1 aliphatic carbocycles. The summed E-state index contributed by atoms with van der Waals surface area (Å²) in [6, 6.07) is 25.8. The zero-order valence-electron chi connectivity index (χ0n) is 19.3. The largest absolute Gasteiger partial charge is 0.464 e. The van der Waals surface area contributed by atoms with Gasteiger partial charge in [-0.3, -0.25) is 0 Å². The van der Waals surface area contributed by atoms with E-state index in [4.69, 9.17) is 9.47 Å². The molecule has 0 saturated heterocycles. The third-order valence-corrected chi connectivity index (χ3v) is 6.48. The van der Waals surface area contributed by atoms with Crippen LogP contribution in [0.4, 0.5) is 0 Å². The maximum Gasteiger partial charge on any atom is 0.210 e. The van der Waals surface area contributed by atoms with E-state index in [0.717, 1.165) is 5.75 Å². The van der Waals surface area contributed by atoms with Gasteiger partial charge in [0.2, 0.25) is 6.29 Å². The molecule has 162 valence electrons. The molecule has 0 radical (unpaired) electrons. The van der Waals surface area contributed by atoms with Crippen molar-refractivity contribution in [3.8, 4) is 16.9 Å². The van der Waals surface area contributed by atoms with Gasteiger partial charge in [-0.05, 0) is 64.1 Å². The Kier molecular flexibility index (Phi) is 6.48. The van der Waals surface area contributed by atoms with Crippen LogP contribution < -0.4 is 4.74 Å². The molecule has 2 nitrogen and oxygen atoms in total. The van der Waals surface area contributed by atoms with Gasteiger partial charge in [-0.2, -0.15) is 0 Å². The lowest BCUT2D eigenvalue weighted by Gasteiger charge is -2.26. The Hall–Kier alpha value is -2.58. The fraction of sp³-hybridized carbons (Fsp3) is 0.379. The molecular formula is C29H34O2. The molecule has 0 heterocycles. The topological polar surface area (TPSA) is 18.5 Å². The van der Waals surface area contributed by atoms with Gasteiger partial charge in [0.05, 0.1) is 5.92 Å². The lowest BCUT2D eigenvalue weighted by Crippen LogP contribution is -2.27. The first-order valence-corrected chi connectivity index (χ1v) is 11.5. The first kappa shape index (κ1) is 21.6. The van der Waals surface area contributed by atoms with Gasteiger partial charge < -0.3 is 9.47 Å². The summed E-state index contributed by atoms with van der Waals surface area (Å²) in [6.45, 7) is 9.22. The smallest absolute Gasteiger partial charge is 0.210 e. The van der Waals surface area contributed by atoms with E-state index in [-0.39, 0.29) is 12.2 Å². The molecule has 31 heavy (non-hydrogen) atoms. The summed E-state index contributed by atoms with van der Waals surface area (Å²) in [5.41, 5.74) is 6.48. The second kappa shape index (κ2) is 9.28. The molecule has 4 rings (SSSR count). The molecule has 0 aliphatic heterocycles. The molecule has 0 fully saturated rings. The Morgan fingerprint density at radius 2 is 1.29 bits per heavy atom. The predicted octanol–water partition coefficient (Wildman–Crippen LogP) is 7.64. The Morgan fingerprint density at radius 1 is 0.742 bits per heavy atom. The molecule has 0 aromatic heterocycles. The summed E-state index contributed by atoms with van der Waals surface area (Å²) < 4.78 is 12.3. The fourth-order valence-corrected chi connectivity index (χ4v) is 4.97. The van der Waals surface area contributed by atoms with E-state index in [9.17, 15) is 0 Å². The van der Waals surface area contributed by atoms with Gasteiger partial charge in [-0.15, -0.1) is 0 Å². The van der Waals surface area contributed by atoms with Crippen molar-refractivity contribution in [3.63, 3.8) is 0 Å². The maximum atomic E-state index is 6.42. The zero-order valence-corrected chi connectivity index (χ0v) is 19.3. The summed E-state index contributed by atoms with van der Waals surface area (Å²) in [6.07, 6.45) is 0.820. The highest BCUT2D eigenvalue weighted by atomic mass is 16.7. The van der Waals surface area contributed by atoms with Gasteiger partial charge in [-0.1, -0.05) is 88.4 Å². The van der Waals surface area contributed by atoms with Gasteiger partial charge in [0.15, 0.2) is 0 Å². The second-order valence-corrected chi connectivity index (χ2v) is 9.42. The number of hydrogen-bond acceptors (Lipinski definition) is 2. The highest BCUT2D eigenvalue weighted by molar-refractivity contribution is 5.78. The molecule has 0 N–H and O–H groups in total. The Bertz CT molecular complexity index is 958. The molecule has 2 unspecified atom stereocenters. The predicted molar refractivity (Wildman–Crippen MR) is 129 cm³/mol. The van der Waals surface area contributed by atoms with Crippen LogP contribution in [0.15, 0.2) is 72.8 Å². The number of rotatable bonds is 8. The van der Waals surface area contributed by atoms with E-state index in [1.807, 2.05) is 0 Å². The third-order valence-electron chi connectivity index (χ3n) is 6.48. The molecule has 3 aromatic rings. The summed E-state index contributed by atoms with van der Waals surface area (Å²) in [4.78, 5) is 0. The highest BCUT2D eigenvalue weighted by Gasteiger charge is 2.35. The molecular weight excluding hydrogens is 380 g/mol. The molecule has 0 saturated carbocycles. The first-order chi connectivity index (χ1) is 15.0. The monoisotopic (exact) mass is 414 g/mol. The minimum atomic E-state index is -0.382. The van der Waals surface area contributed by atoms with E-state index in [0.29, 0.717) is 17.8 Å². The Morgan fingerprint density at radius 3 is 1.77 bits per heavy atom. The van der Waals surface area contributed by atoms with Crippen molar-refractivity contribution in [1.82, 2.24) is 0 Å². The standard InChI is InChI=1S/C29H34O2/c1-19(2)18-27(20(3)4)21-14-16-22(17-15-21)31-29(30-5)28-25-12-8-6-10-23(25)24-11-7-9-13-26(24)28/h6-17,19-20,27-29H,18H2,1-5H3. The molecule has 0 bridgehead atoms. The Balaban J connectivity index is 1.59. The van der Waals surface area contributed by atoms with Crippen LogP contribution in [-0.2, 0) is 4.74 Å². The van der Waals surface area contributed by atoms with Crippen molar-refractivity contribution < 1.29 is 9.47 Å². The third kappa shape index (κ3) is 4.41. The van der Waals surface area contributed by atoms with E-state index in [1.165, 1.54) is 34.2 Å². The lowest BCUT2D eigenvalue weighted by molar-refractivity contribution is -0.0629. The van der Waals surface area contributed by atoms with Crippen molar-refractivity contribution in [2.24, 2.45) is 11.8 Å². The minimum absolute atomic E-state index is 0.0569. The van der Waals surface area contributed by atoms with Crippen LogP contribution in [0, 0.1) is 11.8 Å². The average Bonchev–Trinajstić information content (AvgIpc) is 3.11. The summed E-state index contributed by atoms with van der Waals surface area (Å²) in [7, 11) is 1.74. The van der Waals surface area contributed by atoms with Gasteiger partial charge in [0, 0.05) is 7.11 Å². The SMILES string of the molecule is COC(Oc1ccc(C(CC(C)C)C(C)C)cc1)C1c2ccccc2-c2ccccc21. The average molecular weight is 415 g/mol. The maximum absolute atomic E-state index is 6.42. The summed E-state index contributed by atoms with van der Waals surface area (Å²) in [5, 5.41) is 0. The van der Waals surface area contributed by atoms with Crippen molar-refractivity contribution >= 4 is 0 Å². The van der Waals surface area contributed by atoms with E-state index in [1.54, 1.807) is 7.11 Å². The number of ether oxygens (including phenoxy) is 2. The van der Waals surface area contributed by atoms with Crippen LogP contribution in [0.25, 0.3) is 11.1 Å². The summed E-state index contributed by atoms with van der Waals surface area (Å²) >= 11 is 0. The number of fused-ring (bicyclic) bond motifs is 3. The number of hydrogen-bond donors (Lipinski definition) is 0. The Labute approximate surface area is 187 Å². The van der Waals surface area contributed by atoms with Gasteiger partial charge >= 0.3 is 0 Å². The highest BCUT2D eigenvalue weighted by Crippen LogP contribution is 2.47. The molecule has 0 spiro atoms. The van der Waals surface area contributed by atoms with Crippen LogP contribution in [0.3, 0.4) is 0 Å². The fourth-order valence-electron chi connectivity index (χ4n) is 4.97. The van der Waals surface area contributed by atoms with Crippen molar-refractivity contribution in [2.75, 3.05) is 7.11 Å². The zero-order chi connectivity index (χ0) is 22.0. The van der Waals surface area contributed by atoms with Crippen LogP contribution >= 0.6 is 0 Å². The van der Waals surface area contributed by atoms with Gasteiger partial charge in [-0.25, -0.2) is 0 Å². The molecule has 2 heteroatoms. The van der Waals surface area contributed by atoms with E-state index >= 15 is 0 Å². The van der Waals surface area contributed by atoms with Gasteiger partial charge in [0.1, 0.15) is 5.75 Å². The van der Waals surface area contributed by atoms with Crippen molar-refractivity contribution in [1.29, 1.82) is 0 Å². The molecule has 3 aromatic carbocycles. The number of benzene rings is 3. The molecule has 0 amide bonds. The van der Waals surface area contributed by atoms with Gasteiger partial charge in [0.25, 0.3) is 0 Å². The normalized spacial score (nSPS) is 15.1. The van der Waals surface area contributed by atoms with Crippen LogP contribution in [0.1, 0.15) is 62.6 Å². The minimum Gasteiger partial charge on any atom is -0.464 e. The van der Waals surface area contributed by atoms with Crippen LogP contribution in [0.5, 0.6) is 5.75 Å².